The van der Waals surface area contributed by atoms with Gasteiger partial charge in [0.1, 0.15) is 11.6 Å². The highest BCUT2D eigenvalue weighted by Crippen LogP contribution is 2.17. The summed E-state index contributed by atoms with van der Waals surface area (Å²) < 4.78 is 0. The van der Waals surface area contributed by atoms with Crippen LogP contribution in [0.3, 0.4) is 0 Å². The Labute approximate surface area is 67.5 Å². The minimum atomic E-state index is -1.28. The van der Waals surface area contributed by atoms with Crippen molar-refractivity contribution in [2.45, 2.75) is 0 Å². The lowest BCUT2D eigenvalue weighted by atomic mass is 10.1. The first-order valence-electron chi connectivity index (χ1n) is 2.97. The molecule has 2 N–H and O–H groups in total. The molecule has 1 heterocycles. The van der Waals surface area contributed by atoms with Gasteiger partial charge in [0.25, 0.3) is 0 Å². The summed E-state index contributed by atoms with van der Waals surface area (Å²) in [6, 6.07) is 1.57. The second-order valence-electron chi connectivity index (χ2n) is 2.00. The Bertz CT molecular complexity index is 367. The zero-order valence-corrected chi connectivity index (χ0v) is 5.85. The number of nitrogens with zero attached hydrogens (tertiary/aromatic N) is 2. The fourth-order valence-electron chi connectivity index (χ4n) is 0.729. The van der Waals surface area contributed by atoms with Crippen LogP contribution in [0.25, 0.3) is 0 Å². The third-order valence-corrected chi connectivity index (χ3v) is 1.27. The van der Waals surface area contributed by atoms with E-state index in [1.165, 1.54) is 0 Å². The molecule has 0 atom stereocenters. The van der Waals surface area contributed by atoms with Crippen LogP contribution in [0.4, 0.5) is 0 Å². The van der Waals surface area contributed by atoms with E-state index in [1.54, 1.807) is 6.07 Å². The third-order valence-electron chi connectivity index (χ3n) is 1.27. The van der Waals surface area contributed by atoms with Gasteiger partial charge in [0.15, 0.2) is 5.75 Å². The van der Waals surface area contributed by atoms with Crippen molar-refractivity contribution in [2.75, 3.05) is 0 Å². The van der Waals surface area contributed by atoms with Crippen molar-refractivity contribution < 1.29 is 15.0 Å². The Hall–Kier alpha value is -2.09. The topological polar surface area (TPSA) is 94.2 Å². The summed E-state index contributed by atoms with van der Waals surface area (Å²) in [5.74, 6) is -1.70. The quantitative estimate of drug-likeness (QED) is 0.624. The predicted molar refractivity (Wildman–Crippen MR) is 37.6 cm³/mol. The molecule has 0 aliphatic rings. The molecule has 60 valence electrons. The van der Waals surface area contributed by atoms with Gasteiger partial charge < -0.3 is 10.2 Å². The van der Waals surface area contributed by atoms with Crippen molar-refractivity contribution in [3.05, 3.63) is 23.5 Å². The molecule has 0 saturated carbocycles. The minimum Gasteiger partial charge on any atom is -0.505 e. The molecule has 0 saturated heterocycles. The van der Waals surface area contributed by atoms with E-state index in [9.17, 15) is 4.79 Å². The lowest BCUT2D eigenvalue weighted by molar-refractivity contribution is 0.0695. The number of carboxylic acid groups (broad SMARTS) is 1. The number of aromatic nitrogens is 1. The highest BCUT2D eigenvalue weighted by Gasteiger charge is 2.13. The molecule has 0 fully saturated rings. The van der Waals surface area contributed by atoms with E-state index in [1.807, 2.05) is 0 Å². The maximum absolute atomic E-state index is 10.4. The van der Waals surface area contributed by atoms with Crippen molar-refractivity contribution in [3.63, 3.8) is 0 Å². The van der Waals surface area contributed by atoms with Crippen LogP contribution in [0.15, 0.2) is 12.4 Å². The molecule has 0 spiro atoms. The lowest BCUT2D eigenvalue weighted by Crippen LogP contribution is -2.00. The number of pyridine rings is 1. The Morgan fingerprint density at radius 1 is 1.58 bits per heavy atom. The van der Waals surface area contributed by atoms with Crippen molar-refractivity contribution in [1.29, 1.82) is 5.26 Å². The molecule has 0 radical (unpaired) electrons. The van der Waals surface area contributed by atoms with E-state index < -0.39 is 11.7 Å². The summed E-state index contributed by atoms with van der Waals surface area (Å²) in [7, 11) is 0. The van der Waals surface area contributed by atoms with Gasteiger partial charge in [0.05, 0.1) is 11.8 Å². The zero-order valence-electron chi connectivity index (χ0n) is 5.85. The molecule has 0 aliphatic carbocycles. The van der Waals surface area contributed by atoms with Crippen LogP contribution in [0.1, 0.15) is 15.9 Å². The SMILES string of the molecule is N#Cc1c(O)cncc1C(=O)O. The van der Waals surface area contributed by atoms with E-state index in [0.29, 0.717) is 0 Å². The van der Waals surface area contributed by atoms with Gasteiger partial charge in [-0.2, -0.15) is 5.26 Å². The van der Waals surface area contributed by atoms with Gasteiger partial charge in [0, 0.05) is 6.20 Å². The maximum Gasteiger partial charge on any atom is 0.338 e. The van der Waals surface area contributed by atoms with Crippen molar-refractivity contribution >= 4 is 5.97 Å². The normalized spacial score (nSPS) is 8.92. The van der Waals surface area contributed by atoms with Crippen LogP contribution in [0.2, 0.25) is 0 Å². The third kappa shape index (κ3) is 1.18. The summed E-state index contributed by atoms with van der Waals surface area (Å²) in [6.07, 6.45) is 2.03. The summed E-state index contributed by atoms with van der Waals surface area (Å²) >= 11 is 0. The minimum absolute atomic E-state index is 0.266. The first-order valence-corrected chi connectivity index (χ1v) is 2.97. The summed E-state index contributed by atoms with van der Waals surface area (Å²) in [5, 5.41) is 26.0. The highest BCUT2D eigenvalue weighted by atomic mass is 16.4. The van der Waals surface area contributed by atoms with Gasteiger partial charge in [-0.15, -0.1) is 0 Å². The van der Waals surface area contributed by atoms with E-state index in [-0.39, 0.29) is 11.1 Å². The van der Waals surface area contributed by atoms with Crippen LogP contribution in [-0.2, 0) is 0 Å². The molecule has 0 bridgehead atoms. The second kappa shape index (κ2) is 2.88. The largest absolute Gasteiger partial charge is 0.505 e. The Balaban J connectivity index is 3.40. The van der Waals surface area contributed by atoms with Gasteiger partial charge >= 0.3 is 5.97 Å². The van der Waals surface area contributed by atoms with Crippen molar-refractivity contribution in [3.8, 4) is 11.8 Å². The molecule has 1 aromatic rings. The van der Waals surface area contributed by atoms with Crippen molar-refractivity contribution in [2.24, 2.45) is 0 Å². The van der Waals surface area contributed by atoms with Crippen LogP contribution >= 0.6 is 0 Å². The van der Waals surface area contributed by atoms with Gasteiger partial charge in [-0.1, -0.05) is 0 Å². The van der Waals surface area contributed by atoms with Crippen LogP contribution in [0, 0.1) is 11.3 Å². The van der Waals surface area contributed by atoms with E-state index in [4.69, 9.17) is 15.5 Å². The standard InChI is InChI=1S/C7H4N2O3/c8-1-4-5(7(11)12)2-9-3-6(4)10/h2-3,10H,(H,11,12). The molecule has 12 heavy (non-hydrogen) atoms. The molecule has 1 rings (SSSR count). The molecule has 5 heteroatoms. The Morgan fingerprint density at radius 2 is 2.25 bits per heavy atom. The fraction of sp³-hybridized carbons (Fsp3) is 0. The fourth-order valence-corrected chi connectivity index (χ4v) is 0.729. The number of aromatic hydroxyl groups is 1. The molecular formula is C7H4N2O3. The van der Waals surface area contributed by atoms with Crippen LogP contribution < -0.4 is 0 Å². The Kier molecular flexibility index (Phi) is 1.92. The van der Waals surface area contributed by atoms with Gasteiger partial charge in [-0.25, -0.2) is 4.79 Å². The number of hydrogen-bond donors (Lipinski definition) is 2. The maximum atomic E-state index is 10.4. The van der Waals surface area contributed by atoms with Crippen LogP contribution in [-0.4, -0.2) is 21.2 Å². The average Bonchev–Trinajstić information content (AvgIpc) is 2.03. The molecule has 5 nitrogen and oxygen atoms in total. The van der Waals surface area contributed by atoms with E-state index >= 15 is 0 Å². The number of hydrogen-bond acceptors (Lipinski definition) is 4. The van der Waals surface area contributed by atoms with E-state index in [2.05, 4.69) is 4.98 Å². The highest BCUT2D eigenvalue weighted by molar-refractivity contribution is 5.91. The molecule has 0 aliphatic heterocycles. The molecule has 0 amide bonds. The lowest BCUT2D eigenvalue weighted by Gasteiger charge is -1.97. The van der Waals surface area contributed by atoms with E-state index in [0.717, 1.165) is 12.4 Å². The summed E-state index contributed by atoms with van der Waals surface area (Å²) in [6.45, 7) is 0. The van der Waals surface area contributed by atoms with Gasteiger partial charge in [-0.3, -0.25) is 4.98 Å². The van der Waals surface area contributed by atoms with Crippen molar-refractivity contribution in [1.82, 2.24) is 4.98 Å². The molecule has 0 unspecified atom stereocenters. The first kappa shape index (κ1) is 8.01. The number of carboxylic acids is 1. The number of nitriles is 1. The van der Waals surface area contributed by atoms with Gasteiger partial charge in [0.2, 0.25) is 0 Å². The molecular weight excluding hydrogens is 160 g/mol. The predicted octanol–water partition coefficient (Wildman–Crippen LogP) is 0.357. The zero-order chi connectivity index (χ0) is 9.14. The second-order valence-corrected chi connectivity index (χ2v) is 2.00. The molecule has 1 aromatic heterocycles. The average molecular weight is 164 g/mol. The van der Waals surface area contributed by atoms with Gasteiger partial charge in [-0.05, 0) is 0 Å². The molecule has 0 aromatic carbocycles. The monoisotopic (exact) mass is 164 g/mol. The number of rotatable bonds is 1. The summed E-state index contributed by atoms with van der Waals surface area (Å²) in [5.41, 5.74) is -0.560. The van der Waals surface area contributed by atoms with Crippen LogP contribution in [0.5, 0.6) is 5.75 Å². The summed E-state index contributed by atoms with van der Waals surface area (Å²) in [4.78, 5) is 13.9. The number of aromatic carboxylic acids is 1. The first-order chi connectivity index (χ1) is 5.66. The smallest absolute Gasteiger partial charge is 0.338 e. The number of carbonyl (C=O) groups is 1. The Morgan fingerprint density at radius 3 is 2.67 bits per heavy atom.